The molecule has 1 N–H and O–H groups in total. The maximum absolute atomic E-state index is 11.3. The Balaban J connectivity index is 0.000000202. The second-order valence-electron chi connectivity index (χ2n) is 6.97. The fourth-order valence-electron chi connectivity index (χ4n) is 3.36. The van der Waals surface area contributed by atoms with Crippen molar-refractivity contribution in [2.45, 2.75) is 41.7 Å². The lowest BCUT2D eigenvalue weighted by molar-refractivity contribution is 0.0567. The molecule has 0 bridgehead atoms. The highest BCUT2D eigenvalue weighted by Crippen LogP contribution is 2.25. The van der Waals surface area contributed by atoms with Gasteiger partial charge in [-0.15, -0.1) is 0 Å². The van der Waals surface area contributed by atoms with Crippen LogP contribution in [0, 0.1) is 27.7 Å². The Morgan fingerprint density at radius 2 is 1.38 bits per heavy atom. The number of fused-ring (bicyclic) bond motifs is 2. The zero-order valence-corrected chi connectivity index (χ0v) is 16.8. The molecule has 0 unspecified atom stereocenters. The van der Waals surface area contributed by atoms with E-state index in [1.807, 2.05) is 39.0 Å². The second-order valence-corrected chi connectivity index (χ2v) is 6.97. The number of carbonyl (C=O) groups is 1. The number of aliphatic hydroxyl groups excluding tert-OH is 1. The van der Waals surface area contributed by atoms with E-state index in [1.165, 1.54) is 12.7 Å². The quantitative estimate of drug-likeness (QED) is 0.420. The number of rotatable bonds is 2. The Labute approximate surface area is 170 Å². The van der Waals surface area contributed by atoms with E-state index >= 15 is 0 Å². The van der Waals surface area contributed by atoms with Gasteiger partial charge in [-0.3, -0.25) is 0 Å². The Morgan fingerprint density at radius 3 is 1.90 bits per heavy atom. The smallest absolute Gasteiger partial charge is 0.373 e. The van der Waals surface area contributed by atoms with E-state index in [0.29, 0.717) is 5.76 Å². The molecule has 4 aromatic rings. The molecular formula is C24H28O5. The Hall–Kier alpha value is -3.05. The first-order valence-corrected chi connectivity index (χ1v) is 9.02. The first-order chi connectivity index (χ1) is 13.3. The van der Waals surface area contributed by atoms with Crippen LogP contribution in [0.3, 0.4) is 0 Å². The predicted molar refractivity (Wildman–Crippen MR) is 115 cm³/mol. The minimum absolute atomic E-state index is 0. The SMILES string of the molecule is C.COC(=O)c1cc2cc(C)cc(C)c2o1.Cc1cc(C)c2oc(CO)cc2c1. The first-order valence-electron chi connectivity index (χ1n) is 9.02. The zero-order valence-electron chi connectivity index (χ0n) is 16.8. The van der Waals surface area contributed by atoms with Crippen LogP contribution in [0.2, 0.25) is 0 Å². The molecule has 0 radical (unpaired) electrons. The molecule has 0 saturated heterocycles. The maximum Gasteiger partial charge on any atom is 0.373 e. The third-order valence-electron chi connectivity index (χ3n) is 4.49. The maximum atomic E-state index is 11.3. The average molecular weight is 396 g/mol. The molecule has 0 aliphatic rings. The molecule has 0 spiro atoms. The highest BCUT2D eigenvalue weighted by Gasteiger charge is 2.13. The van der Waals surface area contributed by atoms with Crippen LogP contribution in [0.15, 0.2) is 45.2 Å². The van der Waals surface area contributed by atoms with Crippen LogP contribution < -0.4 is 0 Å². The third-order valence-corrected chi connectivity index (χ3v) is 4.49. The molecule has 2 aromatic heterocycles. The van der Waals surface area contributed by atoms with E-state index in [4.69, 9.17) is 13.9 Å². The Kier molecular flexibility index (Phi) is 6.88. The predicted octanol–water partition coefficient (Wildman–Crippen LogP) is 6.01. The molecular weight excluding hydrogens is 368 g/mol. The molecule has 0 aliphatic heterocycles. The molecule has 5 heteroatoms. The number of ether oxygens (including phenoxy) is 1. The zero-order chi connectivity index (χ0) is 20.4. The number of aliphatic hydroxyl groups is 1. The highest BCUT2D eigenvalue weighted by atomic mass is 16.5. The van der Waals surface area contributed by atoms with Gasteiger partial charge in [0.15, 0.2) is 0 Å². The molecule has 2 heterocycles. The number of benzene rings is 2. The van der Waals surface area contributed by atoms with Gasteiger partial charge in [-0.25, -0.2) is 4.79 Å². The number of esters is 1. The van der Waals surface area contributed by atoms with Crippen molar-refractivity contribution in [1.82, 2.24) is 0 Å². The fourth-order valence-corrected chi connectivity index (χ4v) is 3.36. The van der Waals surface area contributed by atoms with Crippen molar-refractivity contribution in [3.05, 3.63) is 70.2 Å². The topological polar surface area (TPSA) is 72.8 Å². The molecule has 154 valence electrons. The molecule has 0 saturated carbocycles. The Bertz CT molecular complexity index is 1150. The summed E-state index contributed by atoms with van der Waals surface area (Å²) < 4.78 is 15.5. The molecule has 0 atom stereocenters. The van der Waals surface area contributed by atoms with E-state index < -0.39 is 5.97 Å². The van der Waals surface area contributed by atoms with Crippen molar-refractivity contribution in [3.8, 4) is 0 Å². The largest absolute Gasteiger partial charge is 0.463 e. The van der Waals surface area contributed by atoms with Crippen LogP contribution in [-0.2, 0) is 11.3 Å². The minimum Gasteiger partial charge on any atom is -0.463 e. The molecule has 0 aliphatic carbocycles. The summed E-state index contributed by atoms with van der Waals surface area (Å²) >= 11 is 0. The molecule has 5 nitrogen and oxygen atoms in total. The summed E-state index contributed by atoms with van der Waals surface area (Å²) in [5.41, 5.74) is 6.15. The van der Waals surface area contributed by atoms with E-state index in [2.05, 4.69) is 23.8 Å². The standard InChI is InChI=1S/C12H12O3.C11H12O2.CH4/c1-7-4-8(2)11-9(5-7)6-10(15-11)12(13)14-3;1-7-3-8(2)11-9(4-7)5-10(6-12)13-11;/h4-6H,1-3H3;3-5,12H,6H2,1-2H3;1H4. The molecule has 0 amide bonds. The van der Waals surface area contributed by atoms with Crippen molar-refractivity contribution in [3.63, 3.8) is 0 Å². The van der Waals surface area contributed by atoms with Crippen LogP contribution >= 0.6 is 0 Å². The van der Waals surface area contributed by atoms with Crippen LogP contribution in [0.25, 0.3) is 21.9 Å². The summed E-state index contributed by atoms with van der Waals surface area (Å²) in [7, 11) is 1.34. The first kappa shape index (κ1) is 22.2. The van der Waals surface area contributed by atoms with E-state index in [-0.39, 0.29) is 19.8 Å². The summed E-state index contributed by atoms with van der Waals surface area (Å²) in [6, 6.07) is 11.7. The summed E-state index contributed by atoms with van der Waals surface area (Å²) in [4.78, 5) is 11.3. The van der Waals surface area contributed by atoms with Gasteiger partial charge in [-0.2, -0.15) is 0 Å². The summed E-state index contributed by atoms with van der Waals surface area (Å²) in [5.74, 6) is 0.438. The van der Waals surface area contributed by atoms with E-state index in [1.54, 1.807) is 6.07 Å². The number of carbonyl (C=O) groups excluding carboxylic acids is 1. The minimum atomic E-state index is -0.441. The van der Waals surface area contributed by atoms with Crippen LogP contribution in [-0.4, -0.2) is 18.2 Å². The normalized spacial score (nSPS) is 10.4. The van der Waals surface area contributed by atoms with Gasteiger partial charge in [0.2, 0.25) is 5.76 Å². The van der Waals surface area contributed by atoms with Gasteiger partial charge in [0, 0.05) is 10.8 Å². The molecule has 29 heavy (non-hydrogen) atoms. The summed E-state index contributed by atoms with van der Waals surface area (Å²) in [5, 5.41) is 10.9. The van der Waals surface area contributed by atoms with Crippen molar-refractivity contribution in [2.24, 2.45) is 0 Å². The van der Waals surface area contributed by atoms with E-state index in [9.17, 15) is 4.79 Å². The molecule has 2 aromatic carbocycles. The number of hydrogen-bond donors (Lipinski definition) is 1. The summed E-state index contributed by atoms with van der Waals surface area (Å²) in [6.07, 6.45) is 0. The van der Waals surface area contributed by atoms with Crippen molar-refractivity contribution in [2.75, 3.05) is 7.11 Å². The number of aryl methyl sites for hydroxylation is 4. The second kappa shape index (κ2) is 8.97. The van der Waals surface area contributed by atoms with Gasteiger partial charge in [0.25, 0.3) is 0 Å². The lowest BCUT2D eigenvalue weighted by Crippen LogP contribution is -1.97. The fraction of sp³-hybridized carbons (Fsp3) is 0.292. The summed E-state index contributed by atoms with van der Waals surface area (Å²) in [6.45, 7) is 8.00. The average Bonchev–Trinajstić information content (AvgIpc) is 3.25. The van der Waals surface area contributed by atoms with Crippen LogP contribution in [0.1, 0.15) is 46.0 Å². The van der Waals surface area contributed by atoms with E-state index in [0.717, 1.165) is 38.6 Å². The monoisotopic (exact) mass is 396 g/mol. The van der Waals surface area contributed by atoms with Gasteiger partial charge in [0.05, 0.1) is 7.11 Å². The highest BCUT2D eigenvalue weighted by molar-refractivity contribution is 5.93. The van der Waals surface area contributed by atoms with Crippen LogP contribution in [0.4, 0.5) is 0 Å². The van der Waals surface area contributed by atoms with Gasteiger partial charge < -0.3 is 18.7 Å². The van der Waals surface area contributed by atoms with Crippen LogP contribution in [0.5, 0.6) is 0 Å². The van der Waals surface area contributed by atoms with Crippen molar-refractivity contribution >= 4 is 27.9 Å². The molecule has 0 fully saturated rings. The molecule has 4 rings (SSSR count). The third kappa shape index (κ3) is 4.69. The van der Waals surface area contributed by atoms with Gasteiger partial charge in [0.1, 0.15) is 23.5 Å². The number of hydrogen-bond acceptors (Lipinski definition) is 5. The lowest BCUT2D eigenvalue weighted by Gasteiger charge is -1.96. The Morgan fingerprint density at radius 1 is 0.862 bits per heavy atom. The van der Waals surface area contributed by atoms with Gasteiger partial charge in [-0.1, -0.05) is 25.1 Å². The van der Waals surface area contributed by atoms with Gasteiger partial charge in [-0.05, 0) is 68.7 Å². The van der Waals surface area contributed by atoms with Gasteiger partial charge >= 0.3 is 5.97 Å². The lowest BCUT2D eigenvalue weighted by atomic mass is 10.1. The van der Waals surface area contributed by atoms with Crippen molar-refractivity contribution in [1.29, 1.82) is 0 Å². The number of furan rings is 2. The number of methoxy groups -OCH3 is 1. The van der Waals surface area contributed by atoms with Crippen molar-refractivity contribution < 1.29 is 23.5 Å².